The zero-order valence-electron chi connectivity index (χ0n) is 12.9. The third-order valence-corrected chi connectivity index (χ3v) is 3.64. The second-order valence-electron chi connectivity index (χ2n) is 5.24. The van der Waals surface area contributed by atoms with Crippen molar-refractivity contribution in [2.75, 3.05) is 6.61 Å². The van der Waals surface area contributed by atoms with Crippen LogP contribution >= 0.6 is 0 Å². The number of hydrogen-bond acceptors (Lipinski definition) is 6. The number of hydrogen-bond donors (Lipinski definition) is 1. The number of allylic oxidation sites excluding steroid dienone is 1. The highest BCUT2D eigenvalue weighted by Crippen LogP contribution is 2.34. The first kappa shape index (κ1) is 17.1. The lowest BCUT2D eigenvalue weighted by atomic mass is 9.84. The van der Waals surface area contributed by atoms with Crippen molar-refractivity contribution in [1.82, 2.24) is 5.32 Å². The van der Waals surface area contributed by atoms with Crippen molar-refractivity contribution in [3.8, 4) is 6.07 Å². The van der Waals surface area contributed by atoms with E-state index in [9.17, 15) is 19.7 Å². The Morgan fingerprint density at radius 1 is 1.46 bits per heavy atom. The van der Waals surface area contributed by atoms with Gasteiger partial charge in [0, 0.05) is 30.2 Å². The quantitative estimate of drug-likeness (QED) is 0.381. The summed E-state index contributed by atoms with van der Waals surface area (Å²) in [7, 11) is 0. The van der Waals surface area contributed by atoms with Crippen LogP contribution in [0.5, 0.6) is 0 Å². The molecule has 24 heavy (non-hydrogen) atoms. The Kier molecular flexibility index (Phi) is 5.27. The van der Waals surface area contributed by atoms with Crippen LogP contribution in [0.25, 0.3) is 0 Å². The molecule has 0 aromatic heterocycles. The zero-order chi connectivity index (χ0) is 17.7. The number of esters is 1. The lowest BCUT2D eigenvalue weighted by molar-refractivity contribution is -0.384. The lowest BCUT2D eigenvalue weighted by Crippen LogP contribution is -2.34. The van der Waals surface area contributed by atoms with Crippen molar-refractivity contribution in [1.29, 1.82) is 5.26 Å². The van der Waals surface area contributed by atoms with E-state index in [0.29, 0.717) is 16.8 Å². The van der Waals surface area contributed by atoms with Crippen molar-refractivity contribution in [3.63, 3.8) is 0 Å². The van der Waals surface area contributed by atoms with E-state index in [1.54, 1.807) is 6.92 Å². The maximum atomic E-state index is 12.3. The van der Waals surface area contributed by atoms with Gasteiger partial charge in [-0.3, -0.25) is 14.9 Å². The van der Waals surface area contributed by atoms with Crippen LogP contribution in [0.2, 0.25) is 0 Å². The summed E-state index contributed by atoms with van der Waals surface area (Å²) in [6, 6.07) is 7.59. The van der Waals surface area contributed by atoms with E-state index in [1.165, 1.54) is 24.3 Å². The molecular formula is C16H15N3O5. The second kappa shape index (κ2) is 7.37. The highest BCUT2D eigenvalue weighted by atomic mass is 16.6. The fourth-order valence-electron chi connectivity index (χ4n) is 2.55. The monoisotopic (exact) mass is 329 g/mol. The van der Waals surface area contributed by atoms with Crippen LogP contribution in [-0.2, 0) is 14.3 Å². The molecule has 124 valence electrons. The molecule has 1 aromatic carbocycles. The van der Waals surface area contributed by atoms with Crippen LogP contribution in [0.4, 0.5) is 5.69 Å². The standard InChI is InChI=1S/C16H15N3O5/c1-10-15(16(21)24-8-2-7-17)13(9-14(20)18-10)11-3-5-12(6-4-11)19(22)23/h3-6,13H,2,8-9H2,1H3,(H,18,20)/t13-/m0/s1. The molecule has 0 bridgehead atoms. The molecule has 1 N–H and O–H groups in total. The number of carbonyl (C=O) groups is 2. The minimum atomic E-state index is -0.605. The van der Waals surface area contributed by atoms with Gasteiger partial charge in [-0.1, -0.05) is 12.1 Å². The van der Waals surface area contributed by atoms with Gasteiger partial charge in [-0.2, -0.15) is 5.26 Å². The van der Waals surface area contributed by atoms with Gasteiger partial charge >= 0.3 is 5.97 Å². The van der Waals surface area contributed by atoms with Gasteiger partial charge in [-0.05, 0) is 12.5 Å². The summed E-state index contributed by atoms with van der Waals surface area (Å²) in [5, 5.41) is 21.9. The molecule has 1 amide bonds. The molecule has 8 heteroatoms. The van der Waals surface area contributed by atoms with Gasteiger partial charge in [0.15, 0.2) is 0 Å². The van der Waals surface area contributed by atoms with Crippen LogP contribution in [0.1, 0.15) is 31.2 Å². The zero-order valence-corrected chi connectivity index (χ0v) is 12.9. The number of benzene rings is 1. The predicted octanol–water partition coefficient (Wildman–Crippen LogP) is 1.93. The third-order valence-electron chi connectivity index (χ3n) is 3.64. The molecule has 0 saturated carbocycles. The lowest BCUT2D eigenvalue weighted by Gasteiger charge is -2.26. The molecule has 1 aliphatic heterocycles. The number of amides is 1. The molecule has 1 aliphatic rings. The maximum Gasteiger partial charge on any atom is 0.336 e. The van der Waals surface area contributed by atoms with E-state index in [2.05, 4.69) is 5.32 Å². The SMILES string of the molecule is CC1=C(C(=O)OCCC#N)[C@H](c2ccc([N+](=O)[O-])cc2)CC(=O)N1. The number of nitro benzene ring substituents is 1. The summed E-state index contributed by atoms with van der Waals surface area (Å²) < 4.78 is 5.06. The molecule has 0 saturated heterocycles. The molecule has 1 aromatic rings. The summed E-state index contributed by atoms with van der Waals surface area (Å²) in [4.78, 5) is 34.3. The molecule has 2 rings (SSSR count). The summed E-state index contributed by atoms with van der Waals surface area (Å²) in [5.74, 6) is -1.40. The molecule has 0 fully saturated rings. The van der Waals surface area contributed by atoms with Crippen molar-refractivity contribution in [3.05, 3.63) is 51.2 Å². The highest BCUT2D eigenvalue weighted by molar-refractivity contribution is 5.95. The molecule has 0 radical (unpaired) electrons. The van der Waals surface area contributed by atoms with Crippen LogP contribution in [0.3, 0.4) is 0 Å². The summed E-state index contributed by atoms with van der Waals surface area (Å²) >= 11 is 0. The fraction of sp³-hybridized carbons (Fsp3) is 0.312. The number of nitrogens with one attached hydrogen (secondary N) is 1. The number of non-ortho nitro benzene ring substituents is 1. The van der Waals surface area contributed by atoms with Gasteiger partial charge in [0.2, 0.25) is 5.91 Å². The maximum absolute atomic E-state index is 12.3. The Labute approximate surface area is 137 Å². The van der Waals surface area contributed by atoms with Gasteiger partial charge in [0.05, 0.1) is 23.0 Å². The third kappa shape index (κ3) is 3.76. The average molecular weight is 329 g/mol. The van der Waals surface area contributed by atoms with Crippen molar-refractivity contribution < 1.29 is 19.2 Å². The van der Waals surface area contributed by atoms with E-state index in [1.807, 2.05) is 6.07 Å². The first-order valence-electron chi connectivity index (χ1n) is 7.23. The first-order valence-corrected chi connectivity index (χ1v) is 7.23. The van der Waals surface area contributed by atoms with Crippen LogP contribution in [-0.4, -0.2) is 23.4 Å². The molecule has 1 heterocycles. The van der Waals surface area contributed by atoms with Gasteiger partial charge in [-0.15, -0.1) is 0 Å². The Hall–Kier alpha value is -3.21. The number of nitriles is 1. The molecule has 1 atom stereocenters. The predicted molar refractivity (Wildman–Crippen MR) is 82.5 cm³/mol. The molecule has 0 spiro atoms. The van der Waals surface area contributed by atoms with Gasteiger partial charge < -0.3 is 10.1 Å². The highest BCUT2D eigenvalue weighted by Gasteiger charge is 2.32. The second-order valence-corrected chi connectivity index (χ2v) is 5.24. The average Bonchev–Trinajstić information content (AvgIpc) is 2.54. The fourth-order valence-corrected chi connectivity index (χ4v) is 2.55. The number of nitro groups is 1. The van der Waals surface area contributed by atoms with Gasteiger partial charge in [-0.25, -0.2) is 4.79 Å². The molecule has 0 aliphatic carbocycles. The Morgan fingerprint density at radius 2 is 2.12 bits per heavy atom. The largest absolute Gasteiger partial charge is 0.461 e. The van der Waals surface area contributed by atoms with Crippen LogP contribution in [0.15, 0.2) is 35.5 Å². The normalized spacial score (nSPS) is 17.0. The van der Waals surface area contributed by atoms with E-state index >= 15 is 0 Å². The number of ether oxygens (including phenoxy) is 1. The Bertz CT molecular complexity index is 746. The Morgan fingerprint density at radius 3 is 2.71 bits per heavy atom. The van der Waals surface area contributed by atoms with Crippen LogP contribution < -0.4 is 5.32 Å². The van der Waals surface area contributed by atoms with E-state index < -0.39 is 16.8 Å². The van der Waals surface area contributed by atoms with Gasteiger partial charge in [0.25, 0.3) is 5.69 Å². The van der Waals surface area contributed by atoms with E-state index in [-0.39, 0.29) is 31.0 Å². The van der Waals surface area contributed by atoms with Crippen molar-refractivity contribution >= 4 is 17.6 Å². The summed E-state index contributed by atoms with van der Waals surface area (Å²) in [5.41, 5.74) is 1.22. The van der Waals surface area contributed by atoms with Crippen molar-refractivity contribution in [2.24, 2.45) is 0 Å². The summed E-state index contributed by atoms with van der Waals surface area (Å²) in [6.45, 7) is 1.56. The topological polar surface area (TPSA) is 122 Å². The molecule has 0 unspecified atom stereocenters. The van der Waals surface area contributed by atoms with Gasteiger partial charge in [0.1, 0.15) is 6.61 Å². The van der Waals surface area contributed by atoms with Crippen LogP contribution in [0, 0.1) is 21.4 Å². The molecule has 8 nitrogen and oxygen atoms in total. The number of carbonyl (C=O) groups excluding carboxylic acids is 2. The first-order chi connectivity index (χ1) is 11.4. The minimum absolute atomic E-state index is 0.0347. The smallest absolute Gasteiger partial charge is 0.336 e. The molecular weight excluding hydrogens is 314 g/mol. The minimum Gasteiger partial charge on any atom is -0.461 e. The van der Waals surface area contributed by atoms with E-state index in [0.717, 1.165) is 0 Å². The summed E-state index contributed by atoms with van der Waals surface area (Å²) in [6.07, 6.45) is 0.116. The number of nitrogens with zero attached hydrogens (tertiary/aromatic N) is 2. The Balaban J connectivity index is 2.32. The number of rotatable bonds is 5. The van der Waals surface area contributed by atoms with Crippen molar-refractivity contribution in [2.45, 2.75) is 25.7 Å². The van der Waals surface area contributed by atoms with E-state index in [4.69, 9.17) is 10.00 Å².